The van der Waals surface area contributed by atoms with Crippen molar-refractivity contribution < 1.29 is 14.4 Å². The Bertz CT molecular complexity index is 651. The molecular formula is C19H23N2O2+. The second kappa shape index (κ2) is 7.40. The predicted octanol–water partition coefficient (Wildman–Crippen LogP) is 1.59. The molecule has 120 valence electrons. The first kappa shape index (κ1) is 15.7. The summed E-state index contributed by atoms with van der Waals surface area (Å²) in [6, 6.07) is 17.7. The molecule has 4 heteroatoms. The molecule has 0 unspecified atom stereocenters. The minimum Gasteiger partial charge on any atom is -0.370 e. The molecule has 1 amide bonds. The van der Waals surface area contributed by atoms with Crippen LogP contribution in [0.1, 0.15) is 17.2 Å². The maximum Gasteiger partial charge on any atom is 0.287 e. The van der Waals surface area contributed by atoms with E-state index in [0.29, 0.717) is 13.2 Å². The second-order valence-electron chi connectivity index (χ2n) is 5.97. The lowest BCUT2D eigenvalue weighted by atomic mass is 10.0. The van der Waals surface area contributed by atoms with Gasteiger partial charge in [0, 0.05) is 11.3 Å². The average molecular weight is 311 g/mol. The first-order valence-corrected chi connectivity index (χ1v) is 8.09. The molecule has 0 radical (unpaired) electrons. The summed E-state index contributed by atoms with van der Waals surface area (Å²) in [5.41, 5.74) is 3.04. The number of hydrogen-bond acceptors (Lipinski definition) is 2. The number of carbonyl (C=O) groups excluding carboxylic acids is 1. The van der Waals surface area contributed by atoms with E-state index in [1.807, 2.05) is 61.5 Å². The van der Waals surface area contributed by atoms with E-state index < -0.39 is 0 Å². The fraction of sp³-hybridized carbons (Fsp3) is 0.316. The summed E-state index contributed by atoms with van der Waals surface area (Å²) in [4.78, 5) is 14.2. The van der Waals surface area contributed by atoms with Crippen LogP contribution < -0.4 is 10.2 Å². The van der Waals surface area contributed by atoms with E-state index in [4.69, 9.17) is 4.74 Å². The molecule has 0 bridgehead atoms. The smallest absolute Gasteiger partial charge is 0.287 e. The van der Waals surface area contributed by atoms with Gasteiger partial charge in [0.25, 0.3) is 5.91 Å². The third-order valence-corrected chi connectivity index (χ3v) is 4.22. The van der Waals surface area contributed by atoms with E-state index in [2.05, 4.69) is 5.32 Å². The van der Waals surface area contributed by atoms with Crippen LogP contribution in [0.15, 0.2) is 54.6 Å². The number of hydrogen-bond donors (Lipinski definition) is 2. The van der Waals surface area contributed by atoms with Gasteiger partial charge in [-0.05, 0) is 24.6 Å². The van der Waals surface area contributed by atoms with E-state index in [9.17, 15) is 4.79 Å². The number of benzene rings is 2. The molecule has 1 fully saturated rings. The van der Waals surface area contributed by atoms with Crippen molar-refractivity contribution in [1.82, 2.24) is 0 Å². The molecule has 23 heavy (non-hydrogen) atoms. The highest BCUT2D eigenvalue weighted by molar-refractivity contribution is 5.94. The molecule has 0 spiro atoms. The standard InChI is InChI=1S/C19H22N2O2/c1-15-6-5-9-17(14-15)20-19(22)18(16-7-3-2-4-8-16)21-10-12-23-13-11-21/h2-9,14,18H,10-13H2,1H3,(H,20,22)/p+1/t18-/m1/s1. The van der Waals surface area contributed by atoms with Gasteiger partial charge < -0.3 is 15.0 Å². The molecule has 0 saturated carbocycles. The number of ether oxygens (including phenoxy) is 1. The first-order valence-electron chi connectivity index (χ1n) is 8.09. The fourth-order valence-corrected chi connectivity index (χ4v) is 3.08. The summed E-state index contributed by atoms with van der Waals surface area (Å²) in [5.74, 6) is 0.0405. The minimum absolute atomic E-state index is 0.0405. The molecule has 1 aliphatic heterocycles. The maximum atomic E-state index is 13.0. The Morgan fingerprint density at radius 1 is 1.09 bits per heavy atom. The fourth-order valence-electron chi connectivity index (χ4n) is 3.08. The minimum atomic E-state index is -0.208. The van der Waals surface area contributed by atoms with Crippen LogP contribution in [0.5, 0.6) is 0 Å². The first-order chi connectivity index (χ1) is 11.2. The van der Waals surface area contributed by atoms with Crippen LogP contribution >= 0.6 is 0 Å². The number of amides is 1. The van der Waals surface area contributed by atoms with E-state index in [0.717, 1.165) is 29.9 Å². The second-order valence-corrected chi connectivity index (χ2v) is 5.97. The average Bonchev–Trinajstić information content (AvgIpc) is 2.57. The van der Waals surface area contributed by atoms with Crippen molar-refractivity contribution in [3.8, 4) is 0 Å². The Labute approximate surface area is 137 Å². The van der Waals surface area contributed by atoms with Crippen molar-refractivity contribution in [2.75, 3.05) is 31.6 Å². The molecule has 4 nitrogen and oxygen atoms in total. The molecule has 1 aliphatic rings. The van der Waals surface area contributed by atoms with Gasteiger partial charge >= 0.3 is 0 Å². The van der Waals surface area contributed by atoms with Crippen LogP contribution in [-0.4, -0.2) is 32.2 Å². The number of anilines is 1. The van der Waals surface area contributed by atoms with Gasteiger partial charge in [0.05, 0.1) is 13.2 Å². The Hall–Kier alpha value is -2.17. The summed E-state index contributed by atoms with van der Waals surface area (Å²) < 4.78 is 5.45. The van der Waals surface area contributed by atoms with E-state index in [1.165, 1.54) is 4.90 Å². The van der Waals surface area contributed by atoms with Gasteiger partial charge in [0.2, 0.25) is 0 Å². The lowest BCUT2D eigenvalue weighted by molar-refractivity contribution is -0.929. The number of rotatable bonds is 4. The van der Waals surface area contributed by atoms with Crippen molar-refractivity contribution in [3.05, 3.63) is 65.7 Å². The van der Waals surface area contributed by atoms with Crippen LogP contribution in [0.4, 0.5) is 5.69 Å². The lowest BCUT2D eigenvalue weighted by Crippen LogP contribution is -3.15. The van der Waals surface area contributed by atoms with Crippen molar-refractivity contribution in [2.45, 2.75) is 13.0 Å². The van der Waals surface area contributed by atoms with Crippen molar-refractivity contribution in [1.29, 1.82) is 0 Å². The highest BCUT2D eigenvalue weighted by Crippen LogP contribution is 2.15. The van der Waals surface area contributed by atoms with Crippen LogP contribution in [0.2, 0.25) is 0 Å². The van der Waals surface area contributed by atoms with Crippen molar-refractivity contribution in [2.24, 2.45) is 0 Å². The Morgan fingerprint density at radius 2 is 1.83 bits per heavy atom. The molecular weight excluding hydrogens is 288 g/mol. The number of nitrogens with one attached hydrogen (secondary N) is 2. The number of carbonyl (C=O) groups is 1. The molecule has 3 rings (SSSR count). The Balaban J connectivity index is 1.83. The zero-order chi connectivity index (χ0) is 16.1. The molecule has 1 heterocycles. The van der Waals surface area contributed by atoms with Gasteiger partial charge in [-0.25, -0.2) is 0 Å². The van der Waals surface area contributed by atoms with Crippen molar-refractivity contribution in [3.63, 3.8) is 0 Å². The van der Waals surface area contributed by atoms with Gasteiger partial charge in [-0.1, -0.05) is 42.5 Å². The van der Waals surface area contributed by atoms with E-state index >= 15 is 0 Å². The topological polar surface area (TPSA) is 42.8 Å². The zero-order valence-corrected chi connectivity index (χ0v) is 13.4. The molecule has 1 saturated heterocycles. The summed E-state index contributed by atoms with van der Waals surface area (Å²) in [5, 5.41) is 3.08. The maximum absolute atomic E-state index is 13.0. The normalized spacial score (nSPS) is 16.7. The monoisotopic (exact) mass is 311 g/mol. The van der Waals surface area contributed by atoms with Crippen molar-refractivity contribution >= 4 is 11.6 Å². The summed E-state index contributed by atoms with van der Waals surface area (Å²) in [6.45, 7) is 5.13. The predicted molar refractivity (Wildman–Crippen MR) is 90.5 cm³/mol. The van der Waals surface area contributed by atoms with Gasteiger partial charge in [0.15, 0.2) is 6.04 Å². The van der Waals surface area contributed by atoms with Gasteiger partial charge in [-0.3, -0.25) is 4.79 Å². The quantitative estimate of drug-likeness (QED) is 0.900. The molecule has 2 aromatic carbocycles. The highest BCUT2D eigenvalue weighted by Gasteiger charge is 2.32. The number of aryl methyl sites for hydroxylation is 1. The number of quaternary nitrogens is 1. The lowest BCUT2D eigenvalue weighted by Gasteiger charge is -2.30. The molecule has 0 aliphatic carbocycles. The Kier molecular flexibility index (Phi) is 5.05. The molecule has 2 aromatic rings. The highest BCUT2D eigenvalue weighted by atomic mass is 16.5. The number of morpholine rings is 1. The van der Waals surface area contributed by atoms with Gasteiger partial charge in [-0.2, -0.15) is 0 Å². The summed E-state index contributed by atoms with van der Waals surface area (Å²) in [7, 11) is 0. The third-order valence-electron chi connectivity index (χ3n) is 4.22. The van der Waals surface area contributed by atoms with E-state index in [1.54, 1.807) is 0 Å². The summed E-state index contributed by atoms with van der Waals surface area (Å²) >= 11 is 0. The van der Waals surface area contributed by atoms with Crippen LogP contribution in [0, 0.1) is 6.92 Å². The molecule has 1 atom stereocenters. The van der Waals surface area contributed by atoms with Gasteiger partial charge in [0.1, 0.15) is 13.1 Å². The zero-order valence-electron chi connectivity index (χ0n) is 13.4. The molecule has 0 aromatic heterocycles. The third kappa shape index (κ3) is 3.97. The largest absolute Gasteiger partial charge is 0.370 e. The van der Waals surface area contributed by atoms with Crippen LogP contribution in [-0.2, 0) is 9.53 Å². The Morgan fingerprint density at radius 3 is 2.52 bits per heavy atom. The van der Waals surface area contributed by atoms with Crippen LogP contribution in [0.25, 0.3) is 0 Å². The van der Waals surface area contributed by atoms with Crippen LogP contribution in [0.3, 0.4) is 0 Å². The molecule has 2 N–H and O–H groups in total. The van der Waals surface area contributed by atoms with Gasteiger partial charge in [-0.15, -0.1) is 0 Å². The SMILES string of the molecule is Cc1cccc(NC(=O)[C@@H](c2ccccc2)[NH+]2CCOCC2)c1. The summed E-state index contributed by atoms with van der Waals surface area (Å²) in [6.07, 6.45) is 0. The van der Waals surface area contributed by atoms with E-state index in [-0.39, 0.29) is 11.9 Å².